The Labute approximate surface area is 249 Å². The highest BCUT2D eigenvalue weighted by Gasteiger charge is 2.30. The molecule has 4 heterocycles. The number of hydrogen-bond donors (Lipinski definition) is 2. The number of nitrogens with zero attached hydrogens (tertiary/aromatic N) is 6. The molecule has 1 atom stereocenters. The third-order valence-electron chi connectivity index (χ3n) is 7.15. The minimum absolute atomic E-state index is 0.0539. The van der Waals surface area contributed by atoms with Gasteiger partial charge in [-0.05, 0) is 43.5 Å². The third-order valence-corrected chi connectivity index (χ3v) is 7.15. The van der Waals surface area contributed by atoms with Crippen LogP contribution in [0.25, 0.3) is 16.4 Å². The molecule has 0 saturated heterocycles. The number of aryl methyl sites for hydroxylation is 1. The van der Waals surface area contributed by atoms with Crippen LogP contribution in [0, 0.1) is 31.1 Å². The van der Waals surface area contributed by atoms with Gasteiger partial charge in [0, 0.05) is 42.7 Å². The molecule has 0 spiro atoms. The maximum atomic E-state index is 14.2. The van der Waals surface area contributed by atoms with Crippen LogP contribution in [0.3, 0.4) is 0 Å². The molecule has 10 nitrogen and oxygen atoms in total. The van der Waals surface area contributed by atoms with Crippen molar-refractivity contribution in [3.05, 3.63) is 112 Å². The first-order valence-electron chi connectivity index (χ1n) is 13.5. The number of nitrogens with two attached hydrogens (primary N) is 1. The fourth-order valence-electron chi connectivity index (χ4n) is 4.85. The second-order valence-electron chi connectivity index (χ2n) is 10.4. The summed E-state index contributed by atoms with van der Waals surface area (Å²) in [7, 11) is 3.68. The largest absolute Gasteiger partial charge is 0.381 e. The smallest absolute Gasteiger partial charge is 0.260 e. The molecular formula is C32H29BN8O2. The average Bonchev–Trinajstić information content (AvgIpc) is 3.49. The van der Waals surface area contributed by atoms with Crippen LogP contribution in [0.2, 0.25) is 0 Å². The molecular weight excluding hydrogens is 539 g/mol. The van der Waals surface area contributed by atoms with Crippen molar-refractivity contribution in [2.24, 2.45) is 7.05 Å². The molecule has 3 N–H and O–H groups in total. The summed E-state index contributed by atoms with van der Waals surface area (Å²) in [5.41, 5.74) is 8.22. The Morgan fingerprint density at radius 2 is 2.02 bits per heavy atom. The number of carbonyl (C=O) groups excluding carboxylic acids is 1. The van der Waals surface area contributed by atoms with Crippen molar-refractivity contribution in [1.29, 1.82) is 0 Å². The summed E-state index contributed by atoms with van der Waals surface area (Å²) in [6.45, 7) is 3.99. The number of carbonyl (C=O) groups is 1. The normalized spacial score (nSPS) is 12.8. The van der Waals surface area contributed by atoms with Gasteiger partial charge in [0.2, 0.25) is 0 Å². The zero-order chi connectivity index (χ0) is 30.7. The summed E-state index contributed by atoms with van der Waals surface area (Å²) < 4.78 is 4.83. The zero-order valence-corrected chi connectivity index (χ0v) is 24.3. The van der Waals surface area contributed by atoms with Gasteiger partial charge < -0.3 is 15.6 Å². The number of anilines is 1. The number of fused-ring (bicyclic) bond motifs is 2. The van der Waals surface area contributed by atoms with Gasteiger partial charge in [-0.3, -0.25) is 14.3 Å². The van der Waals surface area contributed by atoms with E-state index in [9.17, 15) is 9.59 Å². The van der Waals surface area contributed by atoms with Gasteiger partial charge in [0.15, 0.2) is 11.5 Å². The predicted molar refractivity (Wildman–Crippen MR) is 170 cm³/mol. The van der Waals surface area contributed by atoms with Crippen LogP contribution < -0.4 is 16.6 Å². The molecule has 5 aromatic rings. The first kappa shape index (κ1) is 28.7. The fraction of sp³-hybridized carbons (Fsp3) is 0.156. The molecule has 0 radical (unpaired) electrons. The Kier molecular flexibility index (Phi) is 7.74. The second-order valence-corrected chi connectivity index (χ2v) is 10.4. The fourth-order valence-corrected chi connectivity index (χ4v) is 4.85. The SMILES string of the molecule is B[C@@](C)(NC(=O)c1c(N)nn2cccnc12)c1cc2cccc(C#Cc3cnn(C)c3C)c2c(=O)n1C/C=C\C=C/C#C. The second kappa shape index (κ2) is 11.6. The highest BCUT2D eigenvalue weighted by molar-refractivity contribution is 6.18. The average molecular weight is 568 g/mol. The van der Waals surface area contributed by atoms with Crippen LogP contribution in [0.1, 0.15) is 39.8 Å². The van der Waals surface area contributed by atoms with Gasteiger partial charge in [-0.25, -0.2) is 9.50 Å². The molecule has 0 aliphatic heterocycles. The summed E-state index contributed by atoms with van der Waals surface area (Å²) >= 11 is 0. The number of aromatic nitrogens is 6. The molecule has 1 amide bonds. The van der Waals surface area contributed by atoms with E-state index in [1.807, 2.05) is 59.1 Å². The van der Waals surface area contributed by atoms with Crippen molar-refractivity contribution in [2.45, 2.75) is 25.8 Å². The van der Waals surface area contributed by atoms with Gasteiger partial charge >= 0.3 is 0 Å². The maximum Gasteiger partial charge on any atom is 0.260 e. The van der Waals surface area contributed by atoms with Gasteiger partial charge in [0.25, 0.3) is 11.5 Å². The number of amides is 1. The Hall–Kier alpha value is -5.81. The van der Waals surface area contributed by atoms with E-state index in [1.165, 1.54) is 4.52 Å². The molecule has 212 valence electrons. The Morgan fingerprint density at radius 1 is 1.23 bits per heavy atom. The first-order valence-corrected chi connectivity index (χ1v) is 13.5. The molecule has 0 saturated carbocycles. The third kappa shape index (κ3) is 5.57. The van der Waals surface area contributed by atoms with Crippen molar-refractivity contribution in [1.82, 2.24) is 34.3 Å². The van der Waals surface area contributed by atoms with Gasteiger partial charge in [-0.1, -0.05) is 48.1 Å². The lowest BCUT2D eigenvalue weighted by atomic mass is 9.75. The number of allylic oxidation sites excluding steroid dienone is 4. The number of rotatable bonds is 6. The minimum Gasteiger partial charge on any atom is -0.381 e. The number of hydrogen-bond acceptors (Lipinski definition) is 6. The molecule has 0 aliphatic rings. The van der Waals surface area contributed by atoms with Crippen LogP contribution in [0.15, 0.2) is 78.0 Å². The van der Waals surface area contributed by atoms with E-state index in [0.717, 1.165) is 11.3 Å². The van der Waals surface area contributed by atoms with E-state index >= 15 is 0 Å². The summed E-state index contributed by atoms with van der Waals surface area (Å²) in [4.78, 5) is 32.1. The van der Waals surface area contributed by atoms with E-state index in [-0.39, 0.29) is 23.5 Å². The quantitative estimate of drug-likeness (QED) is 0.184. The lowest BCUT2D eigenvalue weighted by Gasteiger charge is -2.30. The summed E-state index contributed by atoms with van der Waals surface area (Å²) in [6, 6.07) is 9.15. The van der Waals surface area contributed by atoms with E-state index < -0.39 is 11.3 Å². The number of benzene rings is 1. The van der Waals surface area contributed by atoms with E-state index in [4.69, 9.17) is 12.2 Å². The van der Waals surface area contributed by atoms with Gasteiger partial charge in [0.1, 0.15) is 13.4 Å². The zero-order valence-electron chi connectivity index (χ0n) is 24.3. The van der Waals surface area contributed by atoms with E-state index in [2.05, 4.69) is 38.3 Å². The number of nitrogen functional groups attached to an aromatic ring is 1. The Bertz CT molecular complexity index is 2110. The molecule has 4 aromatic heterocycles. The predicted octanol–water partition coefficient (Wildman–Crippen LogP) is 2.05. The minimum atomic E-state index is -1.02. The van der Waals surface area contributed by atoms with Gasteiger partial charge in [-0.15, -0.1) is 11.5 Å². The highest BCUT2D eigenvalue weighted by Crippen LogP contribution is 2.25. The van der Waals surface area contributed by atoms with Crippen LogP contribution in [-0.2, 0) is 19.0 Å². The first-order chi connectivity index (χ1) is 20.6. The van der Waals surface area contributed by atoms with Crippen LogP contribution in [0.5, 0.6) is 0 Å². The topological polar surface area (TPSA) is 125 Å². The standard InChI is InChI=1S/C32H29BN8O2/c1-5-6-7-8-9-17-40-25(32(3,33)37-30(42)27-28(34)38-41-18-11-16-35-29(27)41)19-23-13-10-12-22(26(23)31(40)43)14-15-24-20-36-39(4)21(24)2/h1,6-13,16,18-20H,17,33H2,2-4H3,(H2,34,38)(H,37,42)/b7-6-,9-8-/t32-/m0/s1. The maximum absolute atomic E-state index is 14.2. The summed E-state index contributed by atoms with van der Waals surface area (Å²) in [6.07, 6.45) is 17.1. The van der Waals surface area contributed by atoms with E-state index in [0.29, 0.717) is 27.7 Å². The van der Waals surface area contributed by atoms with Crippen LogP contribution in [-0.4, -0.2) is 42.7 Å². The molecule has 5 rings (SSSR count). The molecule has 11 heteroatoms. The number of pyridine rings is 1. The van der Waals surface area contributed by atoms with Crippen LogP contribution >= 0.6 is 0 Å². The molecule has 0 bridgehead atoms. The summed E-state index contributed by atoms with van der Waals surface area (Å²) in [5, 5.41) is 12.7. The van der Waals surface area contributed by atoms with Crippen molar-refractivity contribution >= 4 is 36.0 Å². The van der Waals surface area contributed by atoms with Crippen molar-refractivity contribution < 1.29 is 4.79 Å². The molecule has 1 aromatic carbocycles. The van der Waals surface area contributed by atoms with Gasteiger partial charge in [0.05, 0.1) is 22.8 Å². The monoisotopic (exact) mass is 568 g/mol. The highest BCUT2D eigenvalue weighted by atomic mass is 16.2. The molecule has 0 aliphatic carbocycles. The Morgan fingerprint density at radius 3 is 2.77 bits per heavy atom. The molecule has 0 fully saturated rings. The Balaban J connectivity index is 1.63. The summed E-state index contributed by atoms with van der Waals surface area (Å²) in [5.74, 6) is 8.36. The lowest BCUT2D eigenvalue weighted by molar-refractivity contribution is 0.0931. The number of terminal acetylenes is 1. The van der Waals surface area contributed by atoms with Crippen molar-refractivity contribution in [2.75, 3.05) is 5.73 Å². The lowest BCUT2D eigenvalue weighted by Crippen LogP contribution is -2.47. The molecule has 0 unspecified atom stereocenters. The van der Waals surface area contributed by atoms with E-state index in [1.54, 1.807) is 52.1 Å². The van der Waals surface area contributed by atoms with Crippen LogP contribution in [0.4, 0.5) is 5.82 Å². The van der Waals surface area contributed by atoms with Crippen molar-refractivity contribution in [3.63, 3.8) is 0 Å². The number of nitrogens with one attached hydrogen (secondary N) is 1. The molecule has 43 heavy (non-hydrogen) atoms. The van der Waals surface area contributed by atoms with Gasteiger partial charge in [-0.2, -0.15) is 5.10 Å². The van der Waals surface area contributed by atoms with Crippen molar-refractivity contribution in [3.8, 4) is 24.2 Å².